The third-order valence-electron chi connectivity index (χ3n) is 4.34. The highest BCUT2D eigenvalue weighted by Crippen LogP contribution is 2.42. The Kier molecular flexibility index (Phi) is 4.05. The number of phenolic OH excluding ortho intramolecular Hbond substituents is 1. The minimum atomic E-state index is -0.158. The Labute approximate surface area is 130 Å². The number of benzene rings is 2. The summed E-state index contributed by atoms with van der Waals surface area (Å²) in [4.78, 5) is 2.20. The average molecular weight is 299 g/mol. The molecule has 2 aromatic carbocycles. The van der Waals surface area contributed by atoms with Gasteiger partial charge in [0.25, 0.3) is 0 Å². The fraction of sp³-hybridized carbons (Fsp3) is 0.333. The van der Waals surface area contributed by atoms with Gasteiger partial charge in [-0.2, -0.15) is 0 Å². The molecule has 2 aromatic rings. The van der Waals surface area contributed by atoms with Crippen molar-refractivity contribution in [2.45, 2.75) is 25.3 Å². The second-order valence-corrected chi connectivity index (χ2v) is 5.66. The van der Waals surface area contributed by atoms with Crippen LogP contribution in [0.2, 0.25) is 0 Å². The molecule has 0 radical (unpaired) electrons. The van der Waals surface area contributed by atoms with Crippen LogP contribution in [0.4, 0.5) is 0 Å². The summed E-state index contributed by atoms with van der Waals surface area (Å²) in [7, 11) is 3.60. The second-order valence-electron chi connectivity index (χ2n) is 5.66. The summed E-state index contributed by atoms with van der Waals surface area (Å²) >= 11 is 0. The van der Waals surface area contributed by atoms with Gasteiger partial charge >= 0.3 is 0 Å². The predicted octanol–water partition coefficient (Wildman–Crippen LogP) is 3.49. The Balaban J connectivity index is 1.90. The van der Waals surface area contributed by atoms with E-state index in [1.807, 2.05) is 30.3 Å². The Morgan fingerprint density at radius 2 is 1.82 bits per heavy atom. The normalized spacial score (nSPS) is 25.3. The smallest absolute Gasteiger partial charge is 0.160 e. The predicted molar refractivity (Wildman–Crippen MR) is 84.9 cm³/mol. The molecule has 3 atom stereocenters. The molecule has 0 spiro atoms. The average Bonchev–Trinajstić information content (AvgIpc) is 2.85. The van der Waals surface area contributed by atoms with Gasteiger partial charge in [0.2, 0.25) is 0 Å². The quantitative estimate of drug-likeness (QED) is 0.942. The Morgan fingerprint density at radius 3 is 2.50 bits per heavy atom. The number of hydrogen-bond acceptors (Lipinski definition) is 4. The zero-order valence-corrected chi connectivity index (χ0v) is 13.1. The third-order valence-corrected chi connectivity index (χ3v) is 4.34. The van der Waals surface area contributed by atoms with Crippen molar-refractivity contribution in [2.75, 3.05) is 14.2 Å². The molecule has 0 aliphatic carbocycles. The van der Waals surface area contributed by atoms with E-state index in [1.165, 1.54) is 5.56 Å². The van der Waals surface area contributed by atoms with Gasteiger partial charge in [-0.3, -0.25) is 4.90 Å². The lowest BCUT2D eigenvalue weighted by Crippen LogP contribution is -2.27. The van der Waals surface area contributed by atoms with E-state index in [0.717, 1.165) is 5.56 Å². The zero-order chi connectivity index (χ0) is 15.7. The van der Waals surface area contributed by atoms with Crippen molar-refractivity contribution in [3.05, 3.63) is 59.7 Å². The first-order chi connectivity index (χ1) is 10.6. The fourth-order valence-corrected chi connectivity index (χ4v) is 2.94. The number of hydrogen-bond donors (Lipinski definition) is 1. The molecule has 0 saturated carbocycles. The van der Waals surface area contributed by atoms with E-state index in [1.54, 1.807) is 13.2 Å². The Morgan fingerprint density at radius 1 is 1.09 bits per heavy atom. The van der Waals surface area contributed by atoms with E-state index in [0.29, 0.717) is 5.75 Å². The number of rotatable bonds is 3. The van der Waals surface area contributed by atoms with Crippen molar-refractivity contribution in [1.29, 1.82) is 0 Å². The molecule has 1 N–H and O–H groups in total. The van der Waals surface area contributed by atoms with E-state index >= 15 is 0 Å². The molecule has 4 nitrogen and oxygen atoms in total. The molecular formula is C18H21NO3. The van der Waals surface area contributed by atoms with Crippen LogP contribution in [0.3, 0.4) is 0 Å². The molecule has 116 valence electrons. The van der Waals surface area contributed by atoms with Gasteiger partial charge in [-0.15, -0.1) is 0 Å². The molecule has 0 unspecified atom stereocenters. The monoisotopic (exact) mass is 299 g/mol. The van der Waals surface area contributed by atoms with Crippen molar-refractivity contribution in [1.82, 2.24) is 4.90 Å². The van der Waals surface area contributed by atoms with Crippen molar-refractivity contribution in [2.24, 2.45) is 0 Å². The van der Waals surface area contributed by atoms with Gasteiger partial charge in [-0.05, 0) is 37.2 Å². The molecule has 1 aliphatic rings. The molecule has 22 heavy (non-hydrogen) atoms. The standard InChI is InChI=1S/C18H21NO3/c1-12-17(13-7-5-4-6-8-13)22-18(19(12)2)14-9-10-15(20)16(11-14)21-3/h4-12,17-18,20H,1-3H3/t12-,17+,18-/m0/s1. The highest BCUT2D eigenvalue weighted by atomic mass is 16.5. The van der Waals surface area contributed by atoms with Gasteiger partial charge in [-0.1, -0.05) is 36.4 Å². The van der Waals surface area contributed by atoms with Crippen LogP contribution in [0, 0.1) is 0 Å². The molecule has 1 aliphatic heterocycles. The summed E-state index contributed by atoms with van der Waals surface area (Å²) in [5.41, 5.74) is 2.15. The minimum Gasteiger partial charge on any atom is -0.504 e. The molecule has 0 aromatic heterocycles. The molecule has 3 rings (SSSR count). The first kappa shape index (κ1) is 14.9. The molecular weight excluding hydrogens is 278 g/mol. The molecule has 1 fully saturated rings. The van der Waals surface area contributed by atoms with Gasteiger partial charge in [0.1, 0.15) is 12.3 Å². The van der Waals surface area contributed by atoms with Crippen LogP contribution in [0.25, 0.3) is 0 Å². The summed E-state index contributed by atoms with van der Waals surface area (Å²) in [6.45, 7) is 2.16. The first-order valence-corrected chi connectivity index (χ1v) is 7.41. The molecule has 1 heterocycles. The van der Waals surface area contributed by atoms with E-state index in [-0.39, 0.29) is 24.1 Å². The summed E-state index contributed by atoms with van der Waals surface area (Å²) in [6, 6.07) is 15.9. The maximum atomic E-state index is 9.75. The highest BCUT2D eigenvalue weighted by molar-refractivity contribution is 5.42. The Hall–Kier alpha value is -2.04. The highest BCUT2D eigenvalue weighted by Gasteiger charge is 2.38. The molecule has 1 saturated heterocycles. The molecule has 0 amide bonds. The number of aromatic hydroxyl groups is 1. The van der Waals surface area contributed by atoms with Crippen LogP contribution in [-0.4, -0.2) is 30.2 Å². The van der Waals surface area contributed by atoms with Crippen LogP contribution in [0.15, 0.2) is 48.5 Å². The van der Waals surface area contributed by atoms with Crippen LogP contribution < -0.4 is 4.74 Å². The molecule has 4 heteroatoms. The van der Waals surface area contributed by atoms with Gasteiger partial charge in [0.05, 0.1) is 7.11 Å². The van der Waals surface area contributed by atoms with Crippen LogP contribution >= 0.6 is 0 Å². The number of phenols is 1. The van der Waals surface area contributed by atoms with Crippen molar-refractivity contribution < 1.29 is 14.6 Å². The second kappa shape index (κ2) is 5.99. The lowest BCUT2D eigenvalue weighted by molar-refractivity contribution is 0.00545. The number of nitrogens with zero attached hydrogens (tertiary/aromatic N) is 1. The van der Waals surface area contributed by atoms with E-state index in [9.17, 15) is 5.11 Å². The van der Waals surface area contributed by atoms with Crippen molar-refractivity contribution in [3.63, 3.8) is 0 Å². The summed E-state index contributed by atoms with van der Waals surface area (Å²) in [6.07, 6.45) is -0.134. The maximum Gasteiger partial charge on any atom is 0.160 e. The van der Waals surface area contributed by atoms with Gasteiger partial charge < -0.3 is 14.6 Å². The largest absolute Gasteiger partial charge is 0.504 e. The lowest BCUT2D eigenvalue weighted by Gasteiger charge is -2.22. The SMILES string of the molecule is COc1cc([C@@H]2O[C@@H](c3ccccc3)[C@H](C)N2C)ccc1O. The Bertz CT molecular complexity index is 644. The van der Waals surface area contributed by atoms with Crippen LogP contribution in [-0.2, 0) is 4.74 Å². The van der Waals surface area contributed by atoms with Crippen molar-refractivity contribution >= 4 is 0 Å². The fourth-order valence-electron chi connectivity index (χ4n) is 2.94. The first-order valence-electron chi connectivity index (χ1n) is 7.41. The minimum absolute atomic E-state index is 0.0241. The van der Waals surface area contributed by atoms with Gasteiger partial charge in [0.15, 0.2) is 11.5 Å². The number of ether oxygens (including phenoxy) is 2. The summed E-state index contributed by atoms with van der Waals surface area (Å²) in [5.74, 6) is 0.602. The van der Waals surface area contributed by atoms with E-state index in [2.05, 4.69) is 31.0 Å². The van der Waals surface area contributed by atoms with Crippen LogP contribution in [0.5, 0.6) is 11.5 Å². The van der Waals surface area contributed by atoms with Crippen LogP contribution in [0.1, 0.15) is 30.4 Å². The van der Waals surface area contributed by atoms with E-state index in [4.69, 9.17) is 9.47 Å². The topological polar surface area (TPSA) is 41.9 Å². The summed E-state index contributed by atoms with van der Waals surface area (Å²) < 4.78 is 11.5. The third kappa shape index (κ3) is 2.56. The summed E-state index contributed by atoms with van der Waals surface area (Å²) in [5, 5.41) is 9.75. The number of methoxy groups -OCH3 is 1. The lowest BCUT2D eigenvalue weighted by atomic mass is 10.0. The van der Waals surface area contributed by atoms with E-state index < -0.39 is 0 Å². The maximum absolute atomic E-state index is 9.75. The van der Waals surface area contributed by atoms with Gasteiger partial charge in [0, 0.05) is 6.04 Å². The zero-order valence-electron chi connectivity index (χ0n) is 13.1. The number of likely N-dealkylation sites (N-methyl/N-ethyl adjacent to an activating group) is 1. The van der Waals surface area contributed by atoms with Crippen molar-refractivity contribution in [3.8, 4) is 11.5 Å². The molecule has 0 bridgehead atoms. The van der Waals surface area contributed by atoms with Gasteiger partial charge in [-0.25, -0.2) is 0 Å².